The third-order valence-corrected chi connectivity index (χ3v) is 13.1. The van der Waals surface area contributed by atoms with Gasteiger partial charge in [-0.1, -0.05) is 275 Å². The first kappa shape index (κ1) is 63.1. The molecule has 0 saturated carbocycles. The van der Waals surface area contributed by atoms with Crippen LogP contribution in [0.2, 0.25) is 0 Å². The van der Waals surface area contributed by atoms with E-state index in [1.807, 2.05) is 0 Å². The Kier molecular flexibility index (Phi) is 54.8. The van der Waals surface area contributed by atoms with Gasteiger partial charge in [-0.25, -0.2) is 0 Å². The van der Waals surface area contributed by atoms with Crippen LogP contribution in [-0.4, -0.2) is 36.4 Å². The maximum Gasteiger partial charge on any atom is 0.306 e. The first-order chi connectivity index (χ1) is 32.1. The van der Waals surface area contributed by atoms with Crippen molar-refractivity contribution in [3.05, 3.63) is 36.5 Å². The highest BCUT2D eigenvalue weighted by Gasteiger charge is 2.16. The SMILES string of the molecule is CCC/C=C\CCCCCCCC(=O)OCC(CO)OC(=O)CCCCCCCCCCCCCCCCCCCCCCCCCCCCCCC/C=C\C/C=C\CCCCCCC. The van der Waals surface area contributed by atoms with Crippen LogP contribution in [0.25, 0.3) is 0 Å². The van der Waals surface area contributed by atoms with E-state index < -0.39 is 6.10 Å². The topological polar surface area (TPSA) is 72.8 Å². The third kappa shape index (κ3) is 54.6. The molecule has 65 heavy (non-hydrogen) atoms. The molecular weight excluding hydrogens is 801 g/mol. The van der Waals surface area contributed by atoms with Crippen LogP contribution in [0.1, 0.15) is 316 Å². The van der Waals surface area contributed by atoms with Crippen molar-refractivity contribution >= 4 is 11.9 Å². The van der Waals surface area contributed by atoms with Gasteiger partial charge in [0.2, 0.25) is 0 Å². The third-order valence-electron chi connectivity index (χ3n) is 13.1. The van der Waals surface area contributed by atoms with Crippen molar-refractivity contribution in [3.63, 3.8) is 0 Å². The lowest BCUT2D eigenvalue weighted by molar-refractivity contribution is -0.161. The smallest absolute Gasteiger partial charge is 0.306 e. The van der Waals surface area contributed by atoms with E-state index in [1.165, 1.54) is 231 Å². The van der Waals surface area contributed by atoms with Gasteiger partial charge >= 0.3 is 11.9 Å². The second kappa shape index (κ2) is 56.4. The fourth-order valence-corrected chi connectivity index (χ4v) is 8.77. The van der Waals surface area contributed by atoms with Crippen LogP contribution in [0.5, 0.6) is 0 Å². The van der Waals surface area contributed by atoms with E-state index in [-0.39, 0.29) is 25.2 Å². The zero-order valence-electron chi connectivity index (χ0n) is 43.8. The van der Waals surface area contributed by atoms with Crippen molar-refractivity contribution in [2.75, 3.05) is 13.2 Å². The highest BCUT2D eigenvalue weighted by molar-refractivity contribution is 5.70. The van der Waals surface area contributed by atoms with Crippen LogP contribution in [-0.2, 0) is 19.1 Å². The molecule has 0 aliphatic rings. The maximum absolute atomic E-state index is 12.2. The minimum absolute atomic E-state index is 0.0659. The van der Waals surface area contributed by atoms with Gasteiger partial charge in [0.25, 0.3) is 0 Å². The van der Waals surface area contributed by atoms with Crippen molar-refractivity contribution in [1.29, 1.82) is 0 Å². The summed E-state index contributed by atoms with van der Waals surface area (Å²) in [5.41, 5.74) is 0. The van der Waals surface area contributed by atoms with E-state index in [2.05, 4.69) is 50.3 Å². The van der Waals surface area contributed by atoms with Gasteiger partial charge in [-0.05, 0) is 64.2 Å². The molecule has 0 heterocycles. The summed E-state index contributed by atoms with van der Waals surface area (Å²) in [6.07, 6.45) is 73.1. The minimum Gasteiger partial charge on any atom is -0.462 e. The molecular formula is C60H112O5. The predicted octanol–water partition coefficient (Wildman–Crippen LogP) is 19.5. The van der Waals surface area contributed by atoms with Gasteiger partial charge < -0.3 is 14.6 Å². The number of ether oxygens (including phenoxy) is 2. The highest BCUT2D eigenvalue weighted by Crippen LogP contribution is 2.18. The number of hydrogen-bond acceptors (Lipinski definition) is 5. The molecule has 1 atom stereocenters. The lowest BCUT2D eigenvalue weighted by Gasteiger charge is -2.15. The minimum atomic E-state index is -0.770. The van der Waals surface area contributed by atoms with Gasteiger partial charge in [-0.3, -0.25) is 9.59 Å². The molecule has 1 N–H and O–H groups in total. The van der Waals surface area contributed by atoms with E-state index in [1.54, 1.807) is 0 Å². The molecule has 1 unspecified atom stereocenters. The Morgan fingerprint density at radius 3 is 0.985 bits per heavy atom. The van der Waals surface area contributed by atoms with E-state index >= 15 is 0 Å². The second-order valence-corrected chi connectivity index (χ2v) is 19.7. The van der Waals surface area contributed by atoms with Gasteiger partial charge in [0.05, 0.1) is 6.61 Å². The Morgan fingerprint density at radius 2 is 0.646 bits per heavy atom. The van der Waals surface area contributed by atoms with E-state index in [0.29, 0.717) is 12.8 Å². The first-order valence-corrected chi connectivity index (χ1v) is 29.0. The molecule has 382 valence electrons. The fraction of sp³-hybridized carbons (Fsp3) is 0.867. The first-order valence-electron chi connectivity index (χ1n) is 29.0. The molecule has 5 nitrogen and oxygen atoms in total. The molecule has 0 aromatic carbocycles. The molecule has 0 aliphatic heterocycles. The van der Waals surface area contributed by atoms with Crippen LogP contribution in [0.4, 0.5) is 0 Å². The molecule has 0 saturated heterocycles. The number of carbonyl (C=O) groups excluding carboxylic acids is 2. The van der Waals surface area contributed by atoms with Crippen LogP contribution in [0.3, 0.4) is 0 Å². The molecule has 0 aromatic heterocycles. The number of carbonyl (C=O) groups is 2. The van der Waals surface area contributed by atoms with Crippen LogP contribution in [0.15, 0.2) is 36.5 Å². The van der Waals surface area contributed by atoms with Crippen molar-refractivity contribution < 1.29 is 24.2 Å². The number of aliphatic hydroxyl groups is 1. The normalized spacial score (nSPS) is 12.4. The maximum atomic E-state index is 12.2. The predicted molar refractivity (Wildman–Crippen MR) is 284 cm³/mol. The average molecular weight is 914 g/mol. The number of esters is 2. The zero-order valence-corrected chi connectivity index (χ0v) is 43.8. The zero-order chi connectivity index (χ0) is 47.0. The number of rotatable bonds is 54. The molecule has 0 radical (unpaired) electrons. The van der Waals surface area contributed by atoms with Gasteiger partial charge in [0.15, 0.2) is 6.10 Å². The number of allylic oxidation sites excluding steroid dienone is 6. The summed E-state index contributed by atoms with van der Waals surface area (Å²) in [4.78, 5) is 24.3. The summed E-state index contributed by atoms with van der Waals surface area (Å²) in [7, 11) is 0. The fourth-order valence-electron chi connectivity index (χ4n) is 8.77. The van der Waals surface area contributed by atoms with Gasteiger partial charge in [0.1, 0.15) is 6.61 Å². The van der Waals surface area contributed by atoms with Gasteiger partial charge in [0, 0.05) is 12.8 Å². The Hall–Kier alpha value is -1.88. The summed E-state index contributed by atoms with van der Waals surface area (Å²) in [5.74, 6) is -0.590. The molecule has 0 aliphatic carbocycles. The lowest BCUT2D eigenvalue weighted by Crippen LogP contribution is -2.28. The lowest BCUT2D eigenvalue weighted by atomic mass is 10.0. The van der Waals surface area contributed by atoms with E-state index in [4.69, 9.17) is 9.47 Å². The molecule has 0 amide bonds. The molecule has 0 fully saturated rings. The van der Waals surface area contributed by atoms with Crippen LogP contribution >= 0.6 is 0 Å². The molecule has 0 rings (SSSR count). The Labute approximate surface area is 406 Å². The molecule has 0 bridgehead atoms. The Bertz CT molecular complexity index is 1030. The van der Waals surface area contributed by atoms with Gasteiger partial charge in [-0.15, -0.1) is 0 Å². The monoisotopic (exact) mass is 913 g/mol. The summed E-state index contributed by atoms with van der Waals surface area (Å²) in [6.45, 7) is 4.08. The van der Waals surface area contributed by atoms with Gasteiger partial charge in [-0.2, -0.15) is 0 Å². The van der Waals surface area contributed by atoms with Crippen molar-refractivity contribution in [2.24, 2.45) is 0 Å². The number of aliphatic hydroxyl groups excluding tert-OH is 1. The van der Waals surface area contributed by atoms with Crippen molar-refractivity contribution in [2.45, 2.75) is 322 Å². The number of unbranched alkanes of at least 4 members (excludes halogenated alkanes) is 40. The summed E-state index contributed by atoms with van der Waals surface area (Å²) >= 11 is 0. The van der Waals surface area contributed by atoms with Crippen molar-refractivity contribution in [3.8, 4) is 0 Å². The highest BCUT2D eigenvalue weighted by atomic mass is 16.6. The average Bonchev–Trinajstić information content (AvgIpc) is 3.31. The largest absolute Gasteiger partial charge is 0.462 e. The second-order valence-electron chi connectivity index (χ2n) is 19.7. The molecule has 5 heteroatoms. The summed E-state index contributed by atoms with van der Waals surface area (Å²) in [6, 6.07) is 0. The quantitative estimate of drug-likeness (QED) is 0.0374. The van der Waals surface area contributed by atoms with Crippen LogP contribution in [0, 0.1) is 0 Å². The summed E-state index contributed by atoms with van der Waals surface area (Å²) in [5, 5.41) is 9.59. The Morgan fingerprint density at radius 1 is 0.354 bits per heavy atom. The van der Waals surface area contributed by atoms with Crippen LogP contribution < -0.4 is 0 Å². The van der Waals surface area contributed by atoms with Crippen molar-refractivity contribution in [1.82, 2.24) is 0 Å². The van der Waals surface area contributed by atoms with E-state index in [0.717, 1.165) is 57.8 Å². The standard InChI is InChI=1S/C60H112O5/c1-3-5-7-9-11-13-15-16-17-18-19-20-21-22-23-24-25-26-27-28-29-30-31-32-33-34-35-36-37-38-39-40-41-42-43-44-45-47-49-51-53-55-60(63)65-58(56-61)57-64-59(62)54-52-50-48-46-14-12-10-8-6-4-2/h8,10,15-16,18-19,58,61H,3-7,9,11-14,17,20-57H2,1-2H3/b10-8-,16-15-,19-18-. The summed E-state index contributed by atoms with van der Waals surface area (Å²) < 4.78 is 10.6. The van der Waals surface area contributed by atoms with E-state index in [9.17, 15) is 14.7 Å². The Balaban J connectivity index is 3.32. The molecule has 0 aromatic rings. The number of hydrogen-bond donors (Lipinski definition) is 1. The molecule has 0 spiro atoms.